The molecule has 2 rings (SSSR count). The van der Waals surface area contributed by atoms with Crippen molar-refractivity contribution in [1.82, 2.24) is 15.2 Å². The van der Waals surface area contributed by atoms with E-state index in [1.165, 1.54) is 44.5 Å². The summed E-state index contributed by atoms with van der Waals surface area (Å²) in [5.41, 5.74) is 1.32. The van der Waals surface area contributed by atoms with Gasteiger partial charge in [-0.2, -0.15) is 0 Å². The van der Waals surface area contributed by atoms with Crippen LogP contribution in [0.15, 0.2) is 24.5 Å². The highest BCUT2D eigenvalue weighted by molar-refractivity contribution is 5.13. The lowest BCUT2D eigenvalue weighted by atomic mass is 10.1. The van der Waals surface area contributed by atoms with Gasteiger partial charge in [-0.1, -0.05) is 13.3 Å². The van der Waals surface area contributed by atoms with Gasteiger partial charge >= 0.3 is 0 Å². The Morgan fingerprint density at radius 2 is 1.84 bits per heavy atom. The van der Waals surface area contributed by atoms with Crippen LogP contribution >= 0.6 is 0 Å². The van der Waals surface area contributed by atoms with Crippen LogP contribution in [0.4, 0.5) is 0 Å². The first-order valence-electron chi connectivity index (χ1n) is 7.61. The number of hydrogen-bond acceptors (Lipinski definition) is 3. The number of rotatable bonds is 6. The van der Waals surface area contributed by atoms with Gasteiger partial charge in [-0.05, 0) is 63.0 Å². The predicted octanol–water partition coefficient (Wildman–Crippen LogP) is 2.85. The second-order valence-corrected chi connectivity index (χ2v) is 5.88. The maximum atomic E-state index is 4.07. The lowest BCUT2D eigenvalue weighted by Gasteiger charge is -2.29. The van der Waals surface area contributed by atoms with Crippen molar-refractivity contribution in [2.75, 3.05) is 26.2 Å². The van der Waals surface area contributed by atoms with E-state index in [1.807, 2.05) is 12.4 Å². The molecule has 0 aromatic carbocycles. The van der Waals surface area contributed by atoms with E-state index in [2.05, 4.69) is 41.2 Å². The van der Waals surface area contributed by atoms with Gasteiger partial charge < -0.3 is 10.2 Å². The summed E-state index contributed by atoms with van der Waals surface area (Å²) in [6.07, 6.45) is 7.92. The Morgan fingerprint density at radius 1 is 1.16 bits per heavy atom. The summed E-state index contributed by atoms with van der Waals surface area (Å²) in [7, 11) is 0. The lowest BCUT2D eigenvalue weighted by Crippen LogP contribution is -2.37. The number of aromatic nitrogens is 1. The Balaban J connectivity index is 1.69. The third-order valence-corrected chi connectivity index (χ3v) is 4.00. The van der Waals surface area contributed by atoms with Crippen LogP contribution < -0.4 is 5.32 Å². The molecular weight excluding hydrogens is 234 g/mol. The van der Waals surface area contributed by atoms with Crippen molar-refractivity contribution >= 4 is 0 Å². The molecule has 0 bridgehead atoms. The van der Waals surface area contributed by atoms with E-state index in [0.717, 1.165) is 6.54 Å². The molecular formula is C16H27N3. The fourth-order valence-corrected chi connectivity index (χ4v) is 2.80. The summed E-state index contributed by atoms with van der Waals surface area (Å²) in [6, 6.07) is 4.59. The number of likely N-dealkylation sites (tertiary alicyclic amines) is 1. The van der Waals surface area contributed by atoms with Gasteiger partial charge in [0.15, 0.2) is 0 Å². The highest BCUT2D eigenvalue weighted by atomic mass is 15.1. The Labute approximate surface area is 117 Å². The number of pyridine rings is 1. The second-order valence-electron chi connectivity index (χ2n) is 5.88. The molecule has 106 valence electrons. The Kier molecular flexibility index (Phi) is 5.80. The normalized spacial score (nSPS) is 20.1. The first-order chi connectivity index (χ1) is 9.25. The standard InChI is InChI=1S/C16H27N3/c1-14(13-19-10-4-3-5-11-19)12-18-15(2)16-6-8-17-9-7-16/h6-9,14-15,18H,3-5,10-13H2,1-2H3. The van der Waals surface area contributed by atoms with Crippen molar-refractivity contribution in [3.63, 3.8) is 0 Å². The highest BCUT2D eigenvalue weighted by Crippen LogP contribution is 2.13. The smallest absolute Gasteiger partial charge is 0.0293 e. The summed E-state index contributed by atoms with van der Waals surface area (Å²) in [4.78, 5) is 6.68. The van der Waals surface area contributed by atoms with Gasteiger partial charge in [0.1, 0.15) is 0 Å². The van der Waals surface area contributed by atoms with E-state index in [-0.39, 0.29) is 0 Å². The van der Waals surface area contributed by atoms with Gasteiger partial charge in [-0.25, -0.2) is 0 Å². The number of hydrogen-bond donors (Lipinski definition) is 1. The fourth-order valence-electron chi connectivity index (χ4n) is 2.80. The molecule has 0 spiro atoms. The molecule has 1 aliphatic heterocycles. The Morgan fingerprint density at radius 3 is 2.53 bits per heavy atom. The molecule has 2 atom stereocenters. The average Bonchev–Trinajstić information content (AvgIpc) is 2.47. The summed E-state index contributed by atoms with van der Waals surface area (Å²) in [5.74, 6) is 0.711. The summed E-state index contributed by atoms with van der Waals surface area (Å²) in [6.45, 7) is 9.48. The zero-order valence-corrected chi connectivity index (χ0v) is 12.3. The zero-order valence-electron chi connectivity index (χ0n) is 12.3. The zero-order chi connectivity index (χ0) is 13.5. The first-order valence-corrected chi connectivity index (χ1v) is 7.61. The van der Waals surface area contributed by atoms with Crippen molar-refractivity contribution in [2.24, 2.45) is 5.92 Å². The van der Waals surface area contributed by atoms with E-state index >= 15 is 0 Å². The Hall–Kier alpha value is -0.930. The van der Waals surface area contributed by atoms with Crippen LogP contribution in [0.3, 0.4) is 0 Å². The van der Waals surface area contributed by atoms with Crippen molar-refractivity contribution in [3.05, 3.63) is 30.1 Å². The van der Waals surface area contributed by atoms with Gasteiger partial charge in [0.25, 0.3) is 0 Å². The lowest BCUT2D eigenvalue weighted by molar-refractivity contribution is 0.197. The third-order valence-electron chi connectivity index (χ3n) is 4.00. The molecule has 19 heavy (non-hydrogen) atoms. The van der Waals surface area contributed by atoms with E-state index in [1.54, 1.807) is 0 Å². The monoisotopic (exact) mass is 261 g/mol. The minimum Gasteiger partial charge on any atom is -0.310 e. The van der Waals surface area contributed by atoms with Crippen LogP contribution in [0.25, 0.3) is 0 Å². The third kappa shape index (κ3) is 4.92. The Bertz CT molecular complexity index is 346. The minimum absolute atomic E-state index is 0.409. The van der Waals surface area contributed by atoms with Gasteiger partial charge in [0.2, 0.25) is 0 Å². The molecule has 3 heteroatoms. The topological polar surface area (TPSA) is 28.2 Å². The molecule has 0 amide bonds. The van der Waals surface area contributed by atoms with Crippen LogP contribution in [0, 0.1) is 5.92 Å². The summed E-state index contributed by atoms with van der Waals surface area (Å²) >= 11 is 0. The number of nitrogens with zero attached hydrogens (tertiary/aromatic N) is 2. The van der Waals surface area contributed by atoms with Gasteiger partial charge in [0.05, 0.1) is 0 Å². The first kappa shape index (κ1) is 14.5. The molecule has 2 unspecified atom stereocenters. The predicted molar refractivity (Wildman–Crippen MR) is 80.1 cm³/mol. The van der Waals surface area contributed by atoms with Crippen LogP contribution in [0.2, 0.25) is 0 Å². The number of nitrogens with one attached hydrogen (secondary N) is 1. The molecule has 0 radical (unpaired) electrons. The molecule has 1 fully saturated rings. The van der Waals surface area contributed by atoms with Gasteiger partial charge in [0, 0.05) is 25.0 Å². The molecule has 0 aliphatic carbocycles. The average molecular weight is 261 g/mol. The van der Waals surface area contributed by atoms with Crippen LogP contribution in [-0.2, 0) is 0 Å². The molecule has 1 aliphatic rings. The SMILES string of the molecule is CC(CNC(C)c1ccncc1)CN1CCCCC1. The van der Waals surface area contributed by atoms with Gasteiger partial charge in [-0.15, -0.1) is 0 Å². The van der Waals surface area contributed by atoms with E-state index in [9.17, 15) is 0 Å². The molecule has 1 aromatic rings. The van der Waals surface area contributed by atoms with Crippen LogP contribution in [-0.4, -0.2) is 36.1 Å². The van der Waals surface area contributed by atoms with Crippen molar-refractivity contribution < 1.29 is 0 Å². The maximum absolute atomic E-state index is 4.07. The summed E-state index contributed by atoms with van der Waals surface area (Å²) in [5, 5.41) is 3.63. The quantitative estimate of drug-likeness (QED) is 0.853. The molecule has 1 saturated heterocycles. The minimum atomic E-state index is 0.409. The molecule has 1 aromatic heterocycles. The van der Waals surface area contributed by atoms with Crippen LogP contribution in [0.5, 0.6) is 0 Å². The van der Waals surface area contributed by atoms with Crippen molar-refractivity contribution in [1.29, 1.82) is 0 Å². The number of piperidine rings is 1. The molecule has 3 nitrogen and oxygen atoms in total. The largest absolute Gasteiger partial charge is 0.310 e. The van der Waals surface area contributed by atoms with Crippen molar-refractivity contribution in [3.8, 4) is 0 Å². The molecule has 1 N–H and O–H groups in total. The highest BCUT2D eigenvalue weighted by Gasteiger charge is 2.14. The molecule has 0 saturated carbocycles. The van der Waals surface area contributed by atoms with Crippen LogP contribution in [0.1, 0.15) is 44.7 Å². The van der Waals surface area contributed by atoms with Gasteiger partial charge in [-0.3, -0.25) is 4.98 Å². The van der Waals surface area contributed by atoms with Crippen molar-refractivity contribution in [2.45, 2.75) is 39.2 Å². The summed E-state index contributed by atoms with van der Waals surface area (Å²) < 4.78 is 0. The fraction of sp³-hybridized carbons (Fsp3) is 0.688. The second kappa shape index (κ2) is 7.61. The van der Waals surface area contributed by atoms with E-state index < -0.39 is 0 Å². The molecule has 2 heterocycles. The van der Waals surface area contributed by atoms with E-state index in [4.69, 9.17) is 0 Å². The maximum Gasteiger partial charge on any atom is 0.0293 e. The van der Waals surface area contributed by atoms with E-state index in [0.29, 0.717) is 12.0 Å².